The van der Waals surface area contributed by atoms with Crippen LogP contribution < -0.4 is 12.7 Å². The minimum absolute atomic E-state index is 0.102. The average Bonchev–Trinajstić information content (AvgIpc) is 2.89. The molecule has 20 heavy (non-hydrogen) atoms. The second kappa shape index (κ2) is 5.31. The molecule has 2 aliphatic heterocycles. The maximum atomic E-state index is 12.7. The highest BCUT2D eigenvalue weighted by molar-refractivity contribution is 14.1. The van der Waals surface area contributed by atoms with Gasteiger partial charge in [0, 0.05) is 32.2 Å². The van der Waals surface area contributed by atoms with Gasteiger partial charge in [0.2, 0.25) is 0 Å². The molecule has 0 aromatic heterocycles. The van der Waals surface area contributed by atoms with Crippen LogP contribution in [0.2, 0.25) is 0 Å². The van der Waals surface area contributed by atoms with Crippen molar-refractivity contribution in [3.05, 3.63) is 17.7 Å². The highest BCUT2D eigenvalue weighted by atomic mass is 127. The number of amides is 1. The van der Waals surface area contributed by atoms with E-state index in [2.05, 4.69) is 4.90 Å². The smallest absolute Gasteiger partial charge is 0.256 e. The summed E-state index contributed by atoms with van der Waals surface area (Å²) < 4.78 is 10.6. The summed E-state index contributed by atoms with van der Waals surface area (Å²) in [5, 5.41) is 0. The van der Waals surface area contributed by atoms with Crippen molar-refractivity contribution >= 4 is 34.6 Å². The second-order valence-electron chi connectivity index (χ2n) is 5.27. The SMILES string of the molecule is COc1cc2c(cc1OI)N(C)C[C@@H]1CCCN1C2=O. The van der Waals surface area contributed by atoms with Gasteiger partial charge in [-0.2, -0.15) is 0 Å². The van der Waals surface area contributed by atoms with Crippen molar-refractivity contribution in [1.29, 1.82) is 0 Å². The molecule has 1 saturated heterocycles. The Morgan fingerprint density at radius 3 is 2.85 bits per heavy atom. The topological polar surface area (TPSA) is 42.0 Å². The van der Waals surface area contributed by atoms with Gasteiger partial charge < -0.3 is 17.6 Å². The molecular weight excluding hydrogens is 371 g/mol. The molecule has 2 aliphatic rings. The van der Waals surface area contributed by atoms with Gasteiger partial charge in [-0.25, -0.2) is 0 Å². The van der Waals surface area contributed by atoms with E-state index in [4.69, 9.17) is 7.80 Å². The maximum Gasteiger partial charge on any atom is 0.256 e. The summed E-state index contributed by atoms with van der Waals surface area (Å²) in [5.74, 6) is 1.34. The average molecular weight is 388 g/mol. The van der Waals surface area contributed by atoms with Crippen LogP contribution >= 0.6 is 23.0 Å². The quantitative estimate of drug-likeness (QED) is 0.731. The molecular formula is C14H17IN2O3. The van der Waals surface area contributed by atoms with Crippen LogP contribution in [-0.2, 0) is 0 Å². The molecule has 1 amide bonds. The molecule has 0 bridgehead atoms. The van der Waals surface area contributed by atoms with Crippen LogP contribution in [0.1, 0.15) is 23.2 Å². The van der Waals surface area contributed by atoms with Crippen molar-refractivity contribution in [2.45, 2.75) is 18.9 Å². The third-order valence-corrected chi connectivity index (χ3v) is 4.60. The predicted octanol–water partition coefficient (Wildman–Crippen LogP) is 2.48. The number of methoxy groups -OCH3 is 1. The molecule has 6 heteroatoms. The lowest BCUT2D eigenvalue weighted by atomic mass is 10.1. The van der Waals surface area contributed by atoms with Crippen LogP contribution in [0.4, 0.5) is 5.69 Å². The van der Waals surface area contributed by atoms with Gasteiger partial charge in [0.15, 0.2) is 34.5 Å². The Morgan fingerprint density at radius 2 is 2.15 bits per heavy atom. The number of carbonyl (C=O) groups excluding carboxylic acids is 1. The van der Waals surface area contributed by atoms with Gasteiger partial charge in [-0.1, -0.05) is 0 Å². The molecule has 2 heterocycles. The van der Waals surface area contributed by atoms with Crippen molar-refractivity contribution in [3.8, 4) is 11.5 Å². The largest absolute Gasteiger partial charge is 0.493 e. The summed E-state index contributed by atoms with van der Waals surface area (Å²) in [6.45, 7) is 1.72. The van der Waals surface area contributed by atoms with E-state index in [-0.39, 0.29) is 5.91 Å². The van der Waals surface area contributed by atoms with E-state index in [0.29, 0.717) is 23.1 Å². The van der Waals surface area contributed by atoms with E-state index >= 15 is 0 Å². The van der Waals surface area contributed by atoms with Crippen LogP contribution in [0.25, 0.3) is 0 Å². The van der Waals surface area contributed by atoms with Crippen molar-refractivity contribution in [3.63, 3.8) is 0 Å². The van der Waals surface area contributed by atoms with E-state index in [1.165, 1.54) is 0 Å². The van der Waals surface area contributed by atoms with E-state index in [1.54, 1.807) is 13.2 Å². The number of fused-ring (bicyclic) bond motifs is 2. The number of anilines is 1. The molecule has 1 fully saturated rings. The molecule has 1 aromatic carbocycles. The van der Waals surface area contributed by atoms with Gasteiger partial charge in [-0.3, -0.25) is 4.79 Å². The summed E-state index contributed by atoms with van der Waals surface area (Å²) in [6, 6.07) is 4.00. The molecule has 0 aliphatic carbocycles. The van der Waals surface area contributed by atoms with Crippen LogP contribution in [-0.4, -0.2) is 44.1 Å². The first-order valence-electron chi connectivity index (χ1n) is 6.68. The van der Waals surface area contributed by atoms with Crippen LogP contribution in [0, 0.1) is 0 Å². The van der Waals surface area contributed by atoms with Gasteiger partial charge >= 0.3 is 0 Å². The Morgan fingerprint density at radius 1 is 1.35 bits per heavy atom. The monoisotopic (exact) mass is 388 g/mol. The Balaban J connectivity index is 2.12. The number of benzene rings is 1. The van der Waals surface area contributed by atoms with Gasteiger partial charge in [0.1, 0.15) is 0 Å². The Hall–Kier alpha value is -1.18. The van der Waals surface area contributed by atoms with Crippen LogP contribution in [0.15, 0.2) is 12.1 Å². The summed E-state index contributed by atoms with van der Waals surface area (Å²) >= 11 is 1.83. The van der Waals surface area contributed by atoms with Gasteiger partial charge in [0.05, 0.1) is 18.4 Å². The fourth-order valence-electron chi connectivity index (χ4n) is 3.12. The summed E-state index contributed by atoms with van der Waals surface area (Å²) in [5.41, 5.74) is 1.61. The predicted molar refractivity (Wildman–Crippen MR) is 85.0 cm³/mol. The Bertz CT molecular complexity index is 549. The van der Waals surface area contributed by atoms with Crippen LogP contribution in [0.5, 0.6) is 11.5 Å². The lowest BCUT2D eigenvalue weighted by Crippen LogP contribution is -2.38. The van der Waals surface area contributed by atoms with Gasteiger partial charge in [0.25, 0.3) is 5.91 Å². The zero-order chi connectivity index (χ0) is 14.3. The van der Waals surface area contributed by atoms with Crippen molar-refractivity contribution < 1.29 is 12.6 Å². The van der Waals surface area contributed by atoms with Crippen molar-refractivity contribution in [1.82, 2.24) is 4.90 Å². The Labute approximate surface area is 132 Å². The first kappa shape index (κ1) is 13.8. The van der Waals surface area contributed by atoms with Crippen LogP contribution in [0.3, 0.4) is 0 Å². The number of ether oxygens (including phenoxy) is 1. The van der Waals surface area contributed by atoms with Gasteiger partial charge in [-0.15, -0.1) is 0 Å². The standard InChI is InChI=1S/C14H17IN2O3/c1-16-8-9-4-3-5-17(9)14(18)10-6-12(19-2)13(20-15)7-11(10)16/h6-7,9H,3-5,8H2,1-2H3/t9-/m0/s1. The highest BCUT2D eigenvalue weighted by Crippen LogP contribution is 2.39. The maximum absolute atomic E-state index is 12.7. The van der Waals surface area contributed by atoms with E-state index in [0.717, 1.165) is 31.6 Å². The number of rotatable bonds is 2. The zero-order valence-electron chi connectivity index (χ0n) is 11.6. The van der Waals surface area contributed by atoms with E-state index in [9.17, 15) is 4.79 Å². The van der Waals surface area contributed by atoms with E-state index in [1.807, 2.05) is 41.0 Å². The number of likely N-dealkylation sites (N-methyl/N-ethyl adjacent to an activating group) is 1. The zero-order valence-corrected chi connectivity index (χ0v) is 13.7. The number of halogens is 1. The normalized spacial score (nSPS) is 21.4. The molecule has 0 spiro atoms. The summed E-state index contributed by atoms with van der Waals surface area (Å²) in [6.07, 6.45) is 2.17. The van der Waals surface area contributed by atoms with Crippen molar-refractivity contribution in [2.24, 2.45) is 0 Å². The third kappa shape index (κ3) is 2.10. The molecule has 0 unspecified atom stereocenters. The molecule has 0 saturated carbocycles. The number of nitrogens with zero attached hydrogens (tertiary/aromatic N) is 2. The van der Waals surface area contributed by atoms with Crippen molar-refractivity contribution in [2.75, 3.05) is 32.1 Å². The molecule has 108 valence electrons. The lowest BCUT2D eigenvalue weighted by molar-refractivity contribution is 0.0748. The minimum Gasteiger partial charge on any atom is -0.493 e. The first-order chi connectivity index (χ1) is 9.65. The first-order valence-corrected chi connectivity index (χ1v) is 7.56. The number of hydrogen-bond donors (Lipinski definition) is 0. The Kier molecular flexibility index (Phi) is 3.66. The molecule has 0 N–H and O–H groups in total. The molecule has 5 nitrogen and oxygen atoms in total. The fourth-order valence-corrected chi connectivity index (χ4v) is 3.46. The molecule has 1 atom stereocenters. The third-order valence-electron chi connectivity index (χ3n) is 4.13. The molecule has 1 aromatic rings. The summed E-state index contributed by atoms with van der Waals surface area (Å²) in [4.78, 5) is 16.9. The minimum atomic E-state index is 0.102. The highest BCUT2D eigenvalue weighted by Gasteiger charge is 2.35. The molecule has 0 radical (unpaired) electrons. The number of carbonyl (C=O) groups is 1. The van der Waals surface area contributed by atoms with Gasteiger partial charge in [-0.05, 0) is 18.9 Å². The lowest BCUT2D eigenvalue weighted by Gasteiger charge is -2.24. The summed E-state index contributed by atoms with van der Waals surface area (Å²) in [7, 11) is 3.61. The number of hydrogen-bond acceptors (Lipinski definition) is 4. The second-order valence-corrected chi connectivity index (χ2v) is 5.71. The molecule has 3 rings (SSSR count). The van der Waals surface area contributed by atoms with E-state index < -0.39 is 0 Å². The fraction of sp³-hybridized carbons (Fsp3) is 0.500.